The van der Waals surface area contributed by atoms with Crippen LogP contribution in [0.1, 0.15) is 27.4 Å². The van der Waals surface area contributed by atoms with Crippen LogP contribution in [-0.2, 0) is 0 Å². The Hall–Kier alpha value is -3.12. The van der Waals surface area contributed by atoms with Crippen molar-refractivity contribution in [2.45, 2.75) is 30.7 Å². The molecule has 2 aromatic heterocycles. The van der Waals surface area contributed by atoms with E-state index in [1.165, 1.54) is 17.3 Å². The molecule has 0 saturated carbocycles. The van der Waals surface area contributed by atoms with Gasteiger partial charge in [0.15, 0.2) is 11.5 Å². The molecule has 2 aromatic carbocycles. The van der Waals surface area contributed by atoms with E-state index in [0.717, 1.165) is 10.5 Å². The van der Waals surface area contributed by atoms with Crippen LogP contribution in [0.2, 0.25) is 0 Å². The fourth-order valence-corrected chi connectivity index (χ4v) is 3.95. The average Bonchev–Trinajstić information content (AvgIpc) is 3.04. The Labute approximate surface area is 167 Å². The minimum Gasteiger partial charge on any atom is -0.441 e. The van der Waals surface area contributed by atoms with Crippen LogP contribution < -0.4 is 5.32 Å². The Morgan fingerprint density at radius 3 is 2.79 bits per heavy atom. The Bertz CT molecular complexity index is 1180. The Morgan fingerprint density at radius 1 is 1.07 bits per heavy atom. The number of fused-ring (bicyclic) bond motifs is 1. The molecule has 0 aliphatic rings. The molecule has 4 rings (SSSR count). The standard InChI is InChI=1S/C22H19N3O2S/c1-13-6-7-14(2)20(11-13)28-22-17(5-4-10-23-22)21(26)25-16-8-9-19-18(12-16)24-15(3)27-19/h4-12H,1-3H3,(H,25,26). The normalized spacial score (nSPS) is 11.0. The smallest absolute Gasteiger partial charge is 0.258 e. The van der Waals surface area contributed by atoms with Gasteiger partial charge in [-0.1, -0.05) is 23.9 Å². The monoisotopic (exact) mass is 389 g/mol. The number of anilines is 1. The van der Waals surface area contributed by atoms with Gasteiger partial charge >= 0.3 is 0 Å². The quantitative estimate of drug-likeness (QED) is 0.495. The average molecular weight is 389 g/mol. The number of nitrogens with zero attached hydrogens (tertiary/aromatic N) is 2. The van der Waals surface area contributed by atoms with Gasteiger partial charge in [-0.3, -0.25) is 4.79 Å². The maximum absolute atomic E-state index is 12.9. The zero-order valence-electron chi connectivity index (χ0n) is 15.8. The number of hydrogen-bond donors (Lipinski definition) is 1. The summed E-state index contributed by atoms with van der Waals surface area (Å²) in [6.45, 7) is 5.90. The summed E-state index contributed by atoms with van der Waals surface area (Å²) in [6.07, 6.45) is 1.70. The first-order chi connectivity index (χ1) is 13.5. The lowest BCUT2D eigenvalue weighted by atomic mass is 10.2. The van der Waals surface area contributed by atoms with Crippen LogP contribution in [0.4, 0.5) is 5.69 Å². The highest BCUT2D eigenvalue weighted by atomic mass is 32.2. The molecular weight excluding hydrogens is 370 g/mol. The summed E-state index contributed by atoms with van der Waals surface area (Å²) in [5, 5.41) is 3.61. The fraction of sp³-hybridized carbons (Fsp3) is 0.136. The zero-order valence-corrected chi connectivity index (χ0v) is 16.6. The lowest BCUT2D eigenvalue weighted by Crippen LogP contribution is -2.13. The summed E-state index contributed by atoms with van der Waals surface area (Å²) >= 11 is 1.50. The van der Waals surface area contributed by atoms with Crippen molar-refractivity contribution in [3.8, 4) is 0 Å². The molecular formula is C22H19N3O2S. The lowest BCUT2D eigenvalue weighted by Gasteiger charge is -2.11. The molecule has 4 aromatic rings. The molecule has 28 heavy (non-hydrogen) atoms. The number of benzene rings is 2. The van der Waals surface area contributed by atoms with Crippen molar-refractivity contribution in [2.24, 2.45) is 0 Å². The molecule has 0 aliphatic carbocycles. The van der Waals surface area contributed by atoms with Gasteiger partial charge in [-0.15, -0.1) is 0 Å². The van der Waals surface area contributed by atoms with Gasteiger partial charge in [0, 0.05) is 23.7 Å². The van der Waals surface area contributed by atoms with Gasteiger partial charge < -0.3 is 9.73 Å². The van der Waals surface area contributed by atoms with Crippen molar-refractivity contribution in [3.05, 3.63) is 77.3 Å². The highest BCUT2D eigenvalue weighted by Gasteiger charge is 2.15. The molecule has 2 heterocycles. The van der Waals surface area contributed by atoms with E-state index in [2.05, 4.69) is 47.3 Å². The van der Waals surface area contributed by atoms with E-state index in [4.69, 9.17) is 4.42 Å². The molecule has 0 unspecified atom stereocenters. The largest absolute Gasteiger partial charge is 0.441 e. The summed E-state index contributed by atoms with van der Waals surface area (Å²) < 4.78 is 5.48. The van der Waals surface area contributed by atoms with Crippen molar-refractivity contribution < 1.29 is 9.21 Å². The SMILES string of the molecule is Cc1ccc(C)c(Sc2ncccc2C(=O)Nc2ccc3oc(C)nc3c2)c1. The van der Waals surface area contributed by atoms with E-state index in [0.29, 0.717) is 33.3 Å². The van der Waals surface area contributed by atoms with Gasteiger partial charge in [-0.05, 0) is 61.4 Å². The van der Waals surface area contributed by atoms with Crippen molar-refractivity contribution in [1.29, 1.82) is 0 Å². The minimum absolute atomic E-state index is 0.208. The molecule has 5 nitrogen and oxygen atoms in total. The summed E-state index contributed by atoms with van der Waals surface area (Å²) in [5.74, 6) is 0.387. The summed E-state index contributed by atoms with van der Waals surface area (Å²) in [5.41, 5.74) is 4.93. The maximum Gasteiger partial charge on any atom is 0.258 e. The van der Waals surface area contributed by atoms with Crippen LogP contribution in [0.25, 0.3) is 11.1 Å². The van der Waals surface area contributed by atoms with Gasteiger partial charge in [-0.2, -0.15) is 0 Å². The number of nitrogens with one attached hydrogen (secondary N) is 1. The Morgan fingerprint density at radius 2 is 1.93 bits per heavy atom. The van der Waals surface area contributed by atoms with E-state index in [1.807, 2.05) is 0 Å². The highest BCUT2D eigenvalue weighted by molar-refractivity contribution is 7.99. The Balaban J connectivity index is 1.61. The first kappa shape index (κ1) is 18.3. The van der Waals surface area contributed by atoms with E-state index < -0.39 is 0 Å². The number of rotatable bonds is 4. The van der Waals surface area contributed by atoms with E-state index in [1.54, 1.807) is 43.5 Å². The van der Waals surface area contributed by atoms with Crippen LogP contribution in [0.5, 0.6) is 0 Å². The van der Waals surface area contributed by atoms with E-state index in [-0.39, 0.29) is 5.91 Å². The topological polar surface area (TPSA) is 68.0 Å². The van der Waals surface area contributed by atoms with E-state index in [9.17, 15) is 4.79 Å². The minimum atomic E-state index is -0.208. The number of hydrogen-bond acceptors (Lipinski definition) is 5. The molecule has 0 bridgehead atoms. The summed E-state index contributed by atoms with van der Waals surface area (Å²) in [6, 6.07) is 15.2. The number of carbonyl (C=O) groups excluding carboxylic acids is 1. The molecule has 0 aliphatic heterocycles. The van der Waals surface area contributed by atoms with Crippen LogP contribution in [-0.4, -0.2) is 15.9 Å². The number of amides is 1. The molecule has 1 amide bonds. The van der Waals surface area contributed by atoms with E-state index >= 15 is 0 Å². The molecule has 0 radical (unpaired) electrons. The maximum atomic E-state index is 12.9. The van der Waals surface area contributed by atoms with Gasteiger partial charge in [0.1, 0.15) is 10.5 Å². The predicted octanol–water partition coefficient (Wildman–Crippen LogP) is 5.55. The predicted molar refractivity (Wildman–Crippen MR) is 111 cm³/mol. The number of aryl methyl sites for hydroxylation is 3. The second kappa shape index (κ2) is 7.48. The van der Waals surface area contributed by atoms with Crippen LogP contribution in [0, 0.1) is 20.8 Å². The van der Waals surface area contributed by atoms with Crippen molar-refractivity contribution >= 4 is 34.5 Å². The first-order valence-electron chi connectivity index (χ1n) is 8.88. The first-order valence-corrected chi connectivity index (χ1v) is 9.70. The second-order valence-electron chi connectivity index (χ2n) is 6.60. The van der Waals surface area contributed by atoms with Crippen molar-refractivity contribution in [1.82, 2.24) is 9.97 Å². The summed E-state index contributed by atoms with van der Waals surface area (Å²) in [4.78, 5) is 22.7. The summed E-state index contributed by atoms with van der Waals surface area (Å²) in [7, 11) is 0. The molecule has 0 spiro atoms. The molecule has 6 heteroatoms. The van der Waals surface area contributed by atoms with Gasteiger partial charge in [-0.25, -0.2) is 9.97 Å². The number of aromatic nitrogens is 2. The molecule has 0 saturated heterocycles. The third-order valence-electron chi connectivity index (χ3n) is 4.32. The molecule has 0 fully saturated rings. The van der Waals surface area contributed by atoms with Crippen molar-refractivity contribution in [3.63, 3.8) is 0 Å². The molecule has 0 atom stereocenters. The van der Waals surface area contributed by atoms with Gasteiger partial charge in [0.05, 0.1) is 5.56 Å². The molecule has 1 N–H and O–H groups in total. The molecule has 140 valence electrons. The highest BCUT2D eigenvalue weighted by Crippen LogP contribution is 2.32. The van der Waals surface area contributed by atoms with Gasteiger partial charge in [0.2, 0.25) is 0 Å². The number of oxazole rings is 1. The number of pyridine rings is 1. The van der Waals surface area contributed by atoms with Crippen LogP contribution >= 0.6 is 11.8 Å². The second-order valence-corrected chi connectivity index (χ2v) is 7.63. The number of carbonyl (C=O) groups is 1. The third-order valence-corrected chi connectivity index (χ3v) is 5.50. The van der Waals surface area contributed by atoms with Gasteiger partial charge in [0.25, 0.3) is 5.91 Å². The zero-order chi connectivity index (χ0) is 19.7. The lowest BCUT2D eigenvalue weighted by molar-refractivity contribution is 0.102. The van der Waals surface area contributed by atoms with Crippen LogP contribution in [0.15, 0.2) is 69.1 Å². The third kappa shape index (κ3) is 3.77. The van der Waals surface area contributed by atoms with Crippen LogP contribution in [0.3, 0.4) is 0 Å². The fourth-order valence-electron chi connectivity index (χ4n) is 2.89. The Kier molecular flexibility index (Phi) is 4.88. The van der Waals surface area contributed by atoms with Crippen molar-refractivity contribution in [2.75, 3.05) is 5.32 Å².